The summed E-state index contributed by atoms with van der Waals surface area (Å²) in [6.07, 6.45) is 8.78. The number of urea groups is 1. The van der Waals surface area contributed by atoms with Crippen LogP contribution in [0.2, 0.25) is 0 Å². The van der Waals surface area contributed by atoms with E-state index < -0.39 is 0 Å². The molecule has 3 fully saturated rings. The number of ether oxygens (including phenoxy) is 1. The lowest BCUT2D eigenvalue weighted by atomic mass is 9.77. The fourth-order valence-electron chi connectivity index (χ4n) is 5.81. The molecule has 0 radical (unpaired) electrons. The van der Waals surface area contributed by atoms with Crippen molar-refractivity contribution < 1.29 is 19.1 Å². The number of hydrogen-bond donors (Lipinski definition) is 2. The number of likely N-dealkylation sites (tertiary alicyclic amines) is 2. The summed E-state index contributed by atoms with van der Waals surface area (Å²) in [5.74, 6) is 1.33. The first-order valence-electron chi connectivity index (χ1n) is 13.7. The summed E-state index contributed by atoms with van der Waals surface area (Å²) in [6.45, 7) is 5.86. The molecule has 8 nitrogen and oxygen atoms in total. The van der Waals surface area contributed by atoms with E-state index in [4.69, 9.17) is 4.74 Å². The molecule has 0 aliphatic carbocycles. The van der Waals surface area contributed by atoms with Crippen LogP contribution in [0.4, 0.5) is 4.79 Å². The first kappa shape index (κ1) is 26.3. The summed E-state index contributed by atoms with van der Waals surface area (Å²) >= 11 is 0. The SMILES string of the molecule is CC1NC(=O)NC1CCCCCC(=O)N1CCC2(CCN(C(=O)CCCOc3ccccc3)CC2)C1. The zero-order valence-corrected chi connectivity index (χ0v) is 21.7. The van der Waals surface area contributed by atoms with Gasteiger partial charge in [-0.25, -0.2) is 4.79 Å². The number of amides is 4. The first-order chi connectivity index (χ1) is 17.4. The van der Waals surface area contributed by atoms with Gasteiger partial charge in [0.25, 0.3) is 0 Å². The molecule has 198 valence electrons. The average Bonchev–Trinajstić information content (AvgIpc) is 3.44. The van der Waals surface area contributed by atoms with Gasteiger partial charge in [0.15, 0.2) is 0 Å². The predicted octanol–water partition coefficient (Wildman–Crippen LogP) is 3.71. The zero-order valence-electron chi connectivity index (χ0n) is 21.7. The minimum Gasteiger partial charge on any atom is -0.494 e. The summed E-state index contributed by atoms with van der Waals surface area (Å²) in [4.78, 5) is 40.9. The van der Waals surface area contributed by atoms with Crippen molar-refractivity contribution >= 4 is 17.8 Å². The van der Waals surface area contributed by atoms with Crippen molar-refractivity contribution in [3.8, 4) is 5.75 Å². The van der Waals surface area contributed by atoms with Crippen LogP contribution in [-0.4, -0.2) is 72.5 Å². The van der Waals surface area contributed by atoms with Gasteiger partial charge in [-0.1, -0.05) is 31.0 Å². The highest BCUT2D eigenvalue weighted by atomic mass is 16.5. The molecular formula is C28H42N4O4. The molecule has 0 saturated carbocycles. The topological polar surface area (TPSA) is 91.0 Å². The van der Waals surface area contributed by atoms with Crippen LogP contribution in [0.1, 0.15) is 71.1 Å². The minimum absolute atomic E-state index is 0.0747. The lowest BCUT2D eigenvalue weighted by Crippen LogP contribution is -2.44. The molecule has 2 N–H and O–H groups in total. The van der Waals surface area contributed by atoms with Crippen molar-refractivity contribution in [3.63, 3.8) is 0 Å². The Morgan fingerprint density at radius 1 is 0.917 bits per heavy atom. The van der Waals surface area contributed by atoms with Gasteiger partial charge < -0.3 is 25.2 Å². The van der Waals surface area contributed by atoms with Gasteiger partial charge in [0.1, 0.15) is 5.75 Å². The Morgan fingerprint density at radius 2 is 1.58 bits per heavy atom. The van der Waals surface area contributed by atoms with E-state index >= 15 is 0 Å². The lowest BCUT2D eigenvalue weighted by molar-refractivity contribution is -0.135. The molecule has 8 heteroatoms. The van der Waals surface area contributed by atoms with Crippen molar-refractivity contribution in [2.45, 2.75) is 83.2 Å². The zero-order chi connectivity index (χ0) is 25.4. The molecule has 2 unspecified atom stereocenters. The molecule has 0 bridgehead atoms. The van der Waals surface area contributed by atoms with Crippen LogP contribution < -0.4 is 15.4 Å². The van der Waals surface area contributed by atoms with Crippen LogP contribution in [-0.2, 0) is 9.59 Å². The van der Waals surface area contributed by atoms with Crippen molar-refractivity contribution in [1.29, 1.82) is 0 Å². The number of carbonyl (C=O) groups is 3. The third-order valence-electron chi connectivity index (χ3n) is 8.20. The van der Waals surface area contributed by atoms with Crippen molar-refractivity contribution in [3.05, 3.63) is 30.3 Å². The van der Waals surface area contributed by atoms with Crippen LogP contribution in [0.5, 0.6) is 5.75 Å². The van der Waals surface area contributed by atoms with E-state index in [-0.39, 0.29) is 35.3 Å². The Labute approximate surface area is 215 Å². The van der Waals surface area contributed by atoms with Crippen molar-refractivity contribution in [2.24, 2.45) is 5.41 Å². The third kappa shape index (κ3) is 7.14. The Kier molecular flexibility index (Phi) is 9.10. The van der Waals surface area contributed by atoms with Gasteiger partial charge in [-0.3, -0.25) is 9.59 Å². The van der Waals surface area contributed by atoms with Crippen molar-refractivity contribution in [1.82, 2.24) is 20.4 Å². The first-order valence-corrected chi connectivity index (χ1v) is 13.7. The second-order valence-corrected chi connectivity index (χ2v) is 10.8. The summed E-state index contributed by atoms with van der Waals surface area (Å²) in [5, 5.41) is 5.83. The summed E-state index contributed by atoms with van der Waals surface area (Å²) in [6, 6.07) is 10.0. The number of benzene rings is 1. The monoisotopic (exact) mass is 498 g/mol. The number of unbranched alkanes of at least 4 members (excludes halogenated alkanes) is 2. The summed E-state index contributed by atoms with van der Waals surface area (Å²) < 4.78 is 5.70. The molecular weight excluding hydrogens is 456 g/mol. The highest BCUT2D eigenvalue weighted by Gasteiger charge is 2.42. The Balaban J connectivity index is 1.08. The van der Waals surface area contributed by atoms with Gasteiger partial charge >= 0.3 is 6.03 Å². The summed E-state index contributed by atoms with van der Waals surface area (Å²) in [5.41, 5.74) is 0.187. The van der Waals surface area contributed by atoms with Crippen molar-refractivity contribution in [2.75, 3.05) is 32.8 Å². The molecule has 3 aliphatic rings. The standard InChI is InChI=1S/C28H42N4O4/c1-22-24(30-27(35)29-22)11-6-3-7-12-26(34)32-19-16-28(21-32)14-17-31(18-15-28)25(33)13-8-20-36-23-9-4-2-5-10-23/h2,4-5,9-10,22,24H,3,6-8,11-21H2,1H3,(H2,29,30,35). The van der Waals surface area contributed by atoms with Crippen LogP contribution in [0.25, 0.3) is 0 Å². The van der Waals surface area contributed by atoms with E-state index in [0.717, 1.165) is 83.3 Å². The van der Waals surface area contributed by atoms with E-state index in [9.17, 15) is 14.4 Å². The second kappa shape index (κ2) is 12.5. The van der Waals surface area contributed by atoms with Gasteiger partial charge in [0.05, 0.1) is 12.6 Å². The molecule has 1 aromatic rings. The van der Waals surface area contributed by atoms with Gasteiger partial charge in [0.2, 0.25) is 11.8 Å². The number of rotatable bonds is 11. The largest absolute Gasteiger partial charge is 0.494 e. The van der Waals surface area contributed by atoms with Gasteiger partial charge in [0, 0.05) is 45.1 Å². The predicted molar refractivity (Wildman–Crippen MR) is 139 cm³/mol. The second-order valence-electron chi connectivity index (χ2n) is 10.8. The average molecular weight is 499 g/mol. The normalized spacial score (nSPS) is 23.0. The maximum absolute atomic E-state index is 12.8. The number of carbonyl (C=O) groups excluding carboxylic acids is 3. The van der Waals surface area contributed by atoms with Crippen LogP contribution in [0.15, 0.2) is 30.3 Å². The Hall–Kier alpha value is -2.77. The summed E-state index contributed by atoms with van der Waals surface area (Å²) in [7, 11) is 0. The van der Waals surface area contributed by atoms with Gasteiger partial charge in [-0.05, 0) is 63.0 Å². The number of hydrogen-bond acceptors (Lipinski definition) is 4. The maximum atomic E-state index is 12.8. The van der Waals surface area contributed by atoms with Gasteiger partial charge in [-0.2, -0.15) is 0 Å². The van der Waals surface area contributed by atoms with E-state index in [1.807, 2.05) is 42.2 Å². The highest BCUT2D eigenvalue weighted by molar-refractivity contribution is 5.77. The maximum Gasteiger partial charge on any atom is 0.315 e. The van der Waals surface area contributed by atoms with E-state index in [1.165, 1.54) is 0 Å². The number of nitrogens with one attached hydrogen (secondary N) is 2. The smallest absolute Gasteiger partial charge is 0.315 e. The van der Waals surface area contributed by atoms with E-state index in [1.54, 1.807) is 0 Å². The number of nitrogens with zero attached hydrogens (tertiary/aromatic N) is 2. The molecule has 4 amide bonds. The van der Waals surface area contributed by atoms with Crippen LogP contribution in [0, 0.1) is 5.41 Å². The molecule has 0 aromatic heterocycles. The molecule has 1 spiro atoms. The van der Waals surface area contributed by atoms with E-state index in [2.05, 4.69) is 15.5 Å². The molecule has 1 aromatic carbocycles. The minimum atomic E-state index is -0.0747. The Bertz CT molecular complexity index is 885. The molecule has 36 heavy (non-hydrogen) atoms. The number of piperidine rings is 1. The molecule has 3 heterocycles. The Morgan fingerprint density at radius 3 is 2.28 bits per heavy atom. The number of para-hydroxylation sites is 1. The lowest BCUT2D eigenvalue weighted by Gasteiger charge is -2.39. The fourth-order valence-corrected chi connectivity index (χ4v) is 5.81. The molecule has 3 saturated heterocycles. The van der Waals surface area contributed by atoms with Gasteiger partial charge in [-0.15, -0.1) is 0 Å². The third-order valence-corrected chi connectivity index (χ3v) is 8.20. The fraction of sp³-hybridized carbons (Fsp3) is 0.679. The van der Waals surface area contributed by atoms with Crippen LogP contribution in [0.3, 0.4) is 0 Å². The quantitative estimate of drug-likeness (QED) is 0.455. The molecule has 2 atom stereocenters. The molecule has 3 aliphatic heterocycles. The highest BCUT2D eigenvalue weighted by Crippen LogP contribution is 2.40. The molecule has 4 rings (SSSR count). The van der Waals surface area contributed by atoms with E-state index in [0.29, 0.717) is 19.4 Å². The van der Waals surface area contributed by atoms with Crippen LogP contribution >= 0.6 is 0 Å².